The molecule has 14 aromatic carbocycles. The van der Waals surface area contributed by atoms with Crippen molar-refractivity contribution in [2.45, 2.75) is 19.3 Å². The van der Waals surface area contributed by atoms with Gasteiger partial charge in [0.2, 0.25) is 0 Å². The summed E-state index contributed by atoms with van der Waals surface area (Å²) in [4.78, 5) is 4.18. The normalized spacial score (nSPS) is 12.2. The van der Waals surface area contributed by atoms with E-state index in [0.29, 0.717) is 22.5 Å². The summed E-state index contributed by atoms with van der Waals surface area (Å²) in [5, 5.41) is 4.41. The molecule has 4 heteroatoms. The van der Waals surface area contributed by atoms with E-state index in [1.165, 1.54) is 10.9 Å². The first-order valence-corrected chi connectivity index (χ1v) is 29.7. The molecule has 0 heterocycles. The van der Waals surface area contributed by atoms with Crippen LogP contribution in [0.15, 0.2) is 315 Å². The van der Waals surface area contributed by atoms with Gasteiger partial charge in [0.25, 0.3) is 0 Å². The minimum absolute atomic E-state index is 0.308. The van der Waals surface area contributed by atoms with Crippen LogP contribution in [0.4, 0.5) is 42.9 Å². The number of nitrogens with zero attached hydrogens (tertiary/aromatic N) is 2. The Hall–Kier alpha value is -10.9. The van der Waals surface area contributed by atoms with Crippen molar-refractivity contribution >= 4 is 55.7 Å². The van der Waals surface area contributed by atoms with Gasteiger partial charge in [-0.3, -0.25) is 0 Å². The molecule has 2 nitrogen and oxygen atoms in total. The predicted octanol–water partition coefficient (Wildman–Crippen LogP) is 23.5. The third-order valence-corrected chi connectivity index (χ3v) is 17.6. The number of halogens is 2. The number of benzene rings is 14. The highest BCUT2D eigenvalue weighted by Gasteiger charge is 2.36. The third-order valence-electron chi connectivity index (χ3n) is 17.6. The Morgan fingerprint density at radius 2 is 0.632 bits per heavy atom. The van der Waals surface area contributed by atoms with Gasteiger partial charge < -0.3 is 9.80 Å². The largest absolute Gasteiger partial charge is 0.308 e. The van der Waals surface area contributed by atoms with E-state index in [1.54, 1.807) is 0 Å². The predicted molar refractivity (Wildman–Crippen MR) is 361 cm³/mol. The van der Waals surface area contributed by atoms with Crippen molar-refractivity contribution in [1.29, 1.82) is 0 Å². The number of fused-ring (bicyclic) bond motifs is 4. The van der Waals surface area contributed by atoms with E-state index in [2.05, 4.69) is 206 Å². The first kappa shape index (κ1) is 52.8. The Labute approximate surface area is 506 Å². The van der Waals surface area contributed by atoms with Gasteiger partial charge in [-0.1, -0.05) is 250 Å². The SMILES string of the molecule is CC1(C)c2cc(N(c3ccc(-c4ccccc4)cc3)c3cc(-c4ccccc4)cc(-c4ccccc4)c3F)ccc2-c2cc3ccc(N(c4ccc(-c5ccccc5)cc4)c4cc(-c5ccccc5)cc(-c5ccccc5)c4F)cc3c3cccc1c23. The van der Waals surface area contributed by atoms with Crippen LogP contribution in [0.5, 0.6) is 0 Å². The van der Waals surface area contributed by atoms with Crippen molar-refractivity contribution in [3.05, 3.63) is 338 Å². The summed E-state index contributed by atoms with van der Waals surface area (Å²) < 4.78 is 36.1. The lowest BCUT2D eigenvalue weighted by atomic mass is 9.68. The fourth-order valence-electron chi connectivity index (χ4n) is 13.2. The molecule has 1 aliphatic rings. The van der Waals surface area contributed by atoms with Gasteiger partial charge in [-0.15, -0.1) is 0 Å². The van der Waals surface area contributed by atoms with Crippen LogP contribution in [0.3, 0.4) is 0 Å². The van der Waals surface area contributed by atoms with Crippen LogP contribution >= 0.6 is 0 Å². The molecule has 0 N–H and O–H groups in total. The summed E-state index contributed by atoms with van der Waals surface area (Å²) in [6.45, 7) is 4.62. The molecule has 0 amide bonds. The highest BCUT2D eigenvalue weighted by molar-refractivity contribution is 6.17. The van der Waals surface area contributed by atoms with E-state index in [1.807, 2.05) is 133 Å². The molecule has 0 atom stereocenters. The second kappa shape index (κ2) is 21.9. The molecule has 0 aliphatic heterocycles. The molecule has 0 unspecified atom stereocenters. The molecular weight excluding hydrogens is 1060 g/mol. The van der Waals surface area contributed by atoms with Gasteiger partial charge in [-0.05, 0) is 178 Å². The molecule has 15 rings (SSSR count). The minimum atomic E-state index is -0.507. The van der Waals surface area contributed by atoms with Crippen molar-refractivity contribution in [2.24, 2.45) is 0 Å². The van der Waals surface area contributed by atoms with Gasteiger partial charge in [0, 0.05) is 39.3 Å². The fourth-order valence-corrected chi connectivity index (χ4v) is 13.2. The molecule has 0 saturated heterocycles. The highest BCUT2D eigenvalue weighted by atomic mass is 19.1. The van der Waals surface area contributed by atoms with E-state index in [-0.39, 0.29) is 11.6 Å². The first-order valence-electron chi connectivity index (χ1n) is 29.7. The number of anilines is 6. The zero-order valence-electron chi connectivity index (χ0n) is 48.2. The van der Waals surface area contributed by atoms with Gasteiger partial charge in [-0.2, -0.15) is 0 Å². The summed E-state index contributed by atoms with van der Waals surface area (Å²) in [5.41, 5.74) is 19.1. The second-order valence-corrected chi connectivity index (χ2v) is 23.1. The lowest BCUT2D eigenvalue weighted by Crippen LogP contribution is -2.24. The maximum absolute atomic E-state index is 18.1. The second-order valence-electron chi connectivity index (χ2n) is 23.1. The lowest BCUT2D eigenvalue weighted by Gasteiger charge is -2.37. The van der Waals surface area contributed by atoms with E-state index < -0.39 is 5.41 Å². The average Bonchev–Trinajstić information content (AvgIpc) is 0.789. The van der Waals surface area contributed by atoms with Crippen LogP contribution in [-0.4, -0.2) is 0 Å². The summed E-state index contributed by atoms with van der Waals surface area (Å²) in [6.07, 6.45) is 0. The molecule has 414 valence electrons. The first-order chi connectivity index (χ1) is 42.7. The van der Waals surface area contributed by atoms with E-state index in [9.17, 15) is 0 Å². The third kappa shape index (κ3) is 9.53. The maximum Gasteiger partial charge on any atom is 0.155 e. The quantitative estimate of drug-likeness (QED) is 0.113. The molecule has 0 saturated carbocycles. The van der Waals surface area contributed by atoms with E-state index in [0.717, 1.165) is 111 Å². The molecule has 14 aromatic rings. The average molecular weight is 1120 g/mol. The van der Waals surface area contributed by atoms with Gasteiger partial charge in [0.05, 0.1) is 11.4 Å². The minimum Gasteiger partial charge on any atom is -0.308 e. The Kier molecular flexibility index (Phi) is 13.3. The van der Waals surface area contributed by atoms with Gasteiger partial charge in [0.1, 0.15) is 0 Å². The smallest absolute Gasteiger partial charge is 0.155 e. The molecular formula is C83H58F2N2. The Morgan fingerprint density at radius 1 is 0.253 bits per heavy atom. The van der Waals surface area contributed by atoms with Crippen LogP contribution in [0.25, 0.3) is 99.4 Å². The highest BCUT2D eigenvalue weighted by Crippen LogP contribution is 2.54. The summed E-state index contributed by atoms with van der Waals surface area (Å²) >= 11 is 0. The van der Waals surface area contributed by atoms with Gasteiger partial charge >= 0.3 is 0 Å². The van der Waals surface area contributed by atoms with Crippen LogP contribution in [-0.2, 0) is 5.41 Å². The Bertz CT molecular complexity index is 4860. The van der Waals surface area contributed by atoms with Crippen LogP contribution < -0.4 is 9.80 Å². The van der Waals surface area contributed by atoms with Crippen LogP contribution in [0.1, 0.15) is 25.0 Å². The maximum atomic E-state index is 18.1. The molecule has 0 bridgehead atoms. The molecule has 0 fully saturated rings. The van der Waals surface area contributed by atoms with Crippen molar-refractivity contribution in [3.63, 3.8) is 0 Å². The van der Waals surface area contributed by atoms with E-state index >= 15 is 8.78 Å². The summed E-state index contributed by atoms with van der Waals surface area (Å²) in [5.74, 6) is -0.620. The van der Waals surface area contributed by atoms with Gasteiger partial charge in [0.15, 0.2) is 11.6 Å². The summed E-state index contributed by atoms with van der Waals surface area (Å²) in [7, 11) is 0. The molecule has 0 radical (unpaired) electrons. The number of rotatable bonds is 12. The summed E-state index contributed by atoms with van der Waals surface area (Å²) in [6, 6.07) is 108. The topological polar surface area (TPSA) is 6.48 Å². The number of hydrogen-bond acceptors (Lipinski definition) is 2. The van der Waals surface area contributed by atoms with Crippen LogP contribution in [0, 0.1) is 11.6 Å². The fraction of sp³-hybridized carbons (Fsp3) is 0.0361. The van der Waals surface area contributed by atoms with Crippen molar-refractivity contribution in [2.75, 3.05) is 9.80 Å². The molecule has 87 heavy (non-hydrogen) atoms. The standard InChI is InChI=1S/C83H58F2N2/c1-83(2)76-35-21-34-71-72-53-68(86(66-41-36-59(37-42-66)55-22-9-3-10-23-55)78-51-64(57-26-13-5-14-27-57)49-73(81(78)84)61-30-17-7-18-31-61)45-40-63(72)48-75(80(71)76)70-47-46-69(54-77(70)83)87(67-43-38-60(39-44-67)56-24-11-4-12-25-56)79-52-65(58-28-15-6-16-29-58)50-74(82(79)85)62-32-19-8-20-33-62/h3-54H,1-2H3. The Balaban J connectivity index is 0.908. The zero-order valence-corrected chi connectivity index (χ0v) is 48.2. The van der Waals surface area contributed by atoms with Gasteiger partial charge in [-0.25, -0.2) is 8.78 Å². The van der Waals surface area contributed by atoms with Crippen molar-refractivity contribution in [3.8, 4) is 77.9 Å². The monoisotopic (exact) mass is 1120 g/mol. The van der Waals surface area contributed by atoms with Crippen molar-refractivity contribution in [1.82, 2.24) is 0 Å². The van der Waals surface area contributed by atoms with Crippen molar-refractivity contribution < 1.29 is 8.78 Å². The molecule has 1 aliphatic carbocycles. The van der Waals surface area contributed by atoms with Crippen LogP contribution in [0.2, 0.25) is 0 Å². The number of hydrogen-bond donors (Lipinski definition) is 0. The molecule has 0 spiro atoms. The Morgan fingerprint density at radius 3 is 1.08 bits per heavy atom. The molecule has 0 aromatic heterocycles. The lowest BCUT2D eigenvalue weighted by molar-refractivity contribution is 0.632. The van der Waals surface area contributed by atoms with E-state index in [4.69, 9.17) is 0 Å². The zero-order chi connectivity index (χ0) is 58.6.